The van der Waals surface area contributed by atoms with Crippen molar-refractivity contribution in [1.29, 1.82) is 0 Å². The number of ether oxygens (including phenoxy) is 2. The molecule has 0 N–H and O–H groups in total. The van der Waals surface area contributed by atoms with Gasteiger partial charge in [-0.1, -0.05) is 0 Å². The van der Waals surface area contributed by atoms with E-state index >= 15 is 0 Å². The minimum absolute atomic E-state index is 0.233. The fraction of sp³-hybridized carbons (Fsp3) is 0.462. The number of carbonyl (C=O) groups excluding carboxylic acids is 1. The van der Waals surface area contributed by atoms with Crippen molar-refractivity contribution in [3.05, 3.63) is 27.8 Å². The Morgan fingerprint density at radius 1 is 1.24 bits per heavy atom. The summed E-state index contributed by atoms with van der Waals surface area (Å²) in [5.74, 6) is 0.539. The zero-order chi connectivity index (χ0) is 12.9. The van der Waals surface area contributed by atoms with Gasteiger partial charge in [-0.2, -0.15) is 0 Å². The van der Waals surface area contributed by atoms with Crippen LogP contribution in [-0.4, -0.2) is 18.2 Å². The molecule has 0 aliphatic heterocycles. The molecule has 0 bridgehead atoms. The van der Waals surface area contributed by atoms with E-state index in [9.17, 15) is 4.79 Å². The molecule has 0 aliphatic carbocycles. The van der Waals surface area contributed by atoms with Crippen molar-refractivity contribution in [2.45, 2.75) is 32.8 Å². The van der Waals surface area contributed by atoms with E-state index in [1.807, 2.05) is 45.0 Å². The first kappa shape index (κ1) is 14.3. The Labute approximate surface area is 116 Å². The third kappa shape index (κ3) is 6.51. The van der Waals surface area contributed by atoms with E-state index in [1.165, 1.54) is 0 Å². The molecule has 0 atom stereocenters. The minimum atomic E-state index is -0.431. The van der Waals surface area contributed by atoms with Crippen LogP contribution in [0.1, 0.15) is 27.2 Å². The van der Waals surface area contributed by atoms with E-state index in [4.69, 9.17) is 9.47 Å². The summed E-state index contributed by atoms with van der Waals surface area (Å²) >= 11 is 2.23. The topological polar surface area (TPSA) is 35.5 Å². The number of carbonyl (C=O) groups is 1. The zero-order valence-electron chi connectivity index (χ0n) is 10.3. The summed E-state index contributed by atoms with van der Waals surface area (Å²) < 4.78 is 11.8. The smallest absolute Gasteiger partial charge is 0.309 e. The van der Waals surface area contributed by atoms with Gasteiger partial charge in [0.25, 0.3) is 0 Å². The third-order valence-electron chi connectivity index (χ3n) is 1.81. The number of benzene rings is 1. The number of esters is 1. The van der Waals surface area contributed by atoms with Crippen LogP contribution in [0.4, 0.5) is 0 Å². The first-order valence-corrected chi connectivity index (χ1v) is 6.55. The lowest BCUT2D eigenvalue weighted by Gasteiger charge is -2.19. The van der Waals surface area contributed by atoms with E-state index in [1.54, 1.807) is 0 Å². The molecule has 3 nitrogen and oxygen atoms in total. The largest absolute Gasteiger partial charge is 0.493 e. The second-order valence-electron chi connectivity index (χ2n) is 4.64. The molecular formula is C13H17IO3. The number of halogens is 1. The summed E-state index contributed by atoms with van der Waals surface area (Å²) in [6.07, 6.45) is 0.267. The Bertz CT molecular complexity index is 365. The van der Waals surface area contributed by atoms with Gasteiger partial charge in [-0.25, -0.2) is 0 Å². The van der Waals surface area contributed by atoms with E-state index in [-0.39, 0.29) is 12.4 Å². The number of rotatable bonds is 4. The normalized spacial score (nSPS) is 11.1. The SMILES string of the molecule is CC(C)(C)OC(=O)CCOc1ccc(I)cc1. The Hall–Kier alpha value is -0.780. The monoisotopic (exact) mass is 348 g/mol. The fourth-order valence-corrected chi connectivity index (χ4v) is 1.54. The first-order chi connectivity index (χ1) is 7.87. The molecule has 0 aliphatic rings. The van der Waals surface area contributed by atoms with Crippen LogP contribution < -0.4 is 4.74 Å². The number of hydrogen-bond donors (Lipinski definition) is 0. The lowest BCUT2D eigenvalue weighted by molar-refractivity contribution is -0.155. The van der Waals surface area contributed by atoms with Crippen molar-refractivity contribution in [3.8, 4) is 5.75 Å². The summed E-state index contributed by atoms with van der Waals surface area (Å²) in [5.41, 5.74) is -0.431. The molecule has 0 saturated carbocycles. The van der Waals surface area contributed by atoms with Gasteiger partial charge in [0, 0.05) is 3.57 Å². The van der Waals surface area contributed by atoms with Gasteiger partial charge in [-0.3, -0.25) is 4.79 Å². The predicted octanol–water partition coefficient (Wildman–Crippen LogP) is 3.40. The van der Waals surface area contributed by atoms with Crippen LogP contribution in [0, 0.1) is 3.57 Å². The molecule has 17 heavy (non-hydrogen) atoms. The quantitative estimate of drug-likeness (QED) is 0.618. The summed E-state index contributed by atoms with van der Waals surface area (Å²) in [4.78, 5) is 11.4. The minimum Gasteiger partial charge on any atom is -0.493 e. The van der Waals surface area contributed by atoms with Gasteiger partial charge in [0.15, 0.2) is 0 Å². The highest BCUT2D eigenvalue weighted by molar-refractivity contribution is 14.1. The maximum Gasteiger partial charge on any atom is 0.309 e. The van der Waals surface area contributed by atoms with Crippen LogP contribution in [0.15, 0.2) is 24.3 Å². The van der Waals surface area contributed by atoms with Crippen LogP contribution >= 0.6 is 22.6 Å². The third-order valence-corrected chi connectivity index (χ3v) is 2.53. The van der Waals surface area contributed by atoms with Crippen LogP contribution in [0.3, 0.4) is 0 Å². The molecule has 0 aromatic heterocycles. The van der Waals surface area contributed by atoms with Crippen molar-refractivity contribution in [1.82, 2.24) is 0 Å². The molecule has 0 saturated heterocycles. The van der Waals surface area contributed by atoms with Crippen LogP contribution in [0.5, 0.6) is 5.75 Å². The van der Waals surface area contributed by atoms with Crippen molar-refractivity contribution in [2.75, 3.05) is 6.61 Å². The average molecular weight is 348 g/mol. The Morgan fingerprint density at radius 3 is 2.35 bits per heavy atom. The van der Waals surface area contributed by atoms with Gasteiger partial charge in [-0.05, 0) is 67.6 Å². The number of hydrogen-bond acceptors (Lipinski definition) is 3. The highest BCUT2D eigenvalue weighted by Crippen LogP contribution is 2.14. The van der Waals surface area contributed by atoms with Gasteiger partial charge in [-0.15, -0.1) is 0 Å². The molecule has 0 unspecified atom stereocenters. The summed E-state index contributed by atoms with van der Waals surface area (Å²) in [6.45, 7) is 5.90. The van der Waals surface area contributed by atoms with E-state index in [2.05, 4.69) is 22.6 Å². The molecule has 1 aromatic rings. The Morgan fingerprint density at radius 2 is 1.82 bits per heavy atom. The fourth-order valence-electron chi connectivity index (χ4n) is 1.18. The molecule has 1 aromatic carbocycles. The summed E-state index contributed by atoms with van der Waals surface area (Å²) in [6, 6.07) is 7.69. The van der Waals surface area contributed by atoms with E-state index < -0.39 is 5.60 Å². The van der Waals surface area contributed by atoms with Gasteiger partial charge in [0.1, 0.15) is 11.4 Å². The van der Waals surface area contributed by atoms with Crippen molar-refractivity contribution in [3.63, 3.8) is 0 Å². The Kier molecular flexibility index (Phi) is 5.24. The molecule has 0 fully saturated rings. The molecule has 0 heterocycles. The van der Waals surface area contributed by atoms with Crippen molar-refractivity contribution < 1.29 is 14.3 Å². The van der Waals surface area contributed by atoms with E-state index in [0.29, 0.717) is 6.61 Å². The molecule has 0 amide bonds. The molecule has 4 heteroatoms. The lowest BCUT2D eigenvalue weighted by atomic mass is 10.2. The summed E-state index contributed by atoms with van der Waals surface area (Å²) in [7, 11) is 0. The molecule has 94 valence electrons. The van der Waals surface area contributed by atoms with Gasteiger partial charge < -0.3 is 9.47 Å². The van der Waals surface area contributed by atoms with Crippen LogP contribution in [0.2, 0.25) is 0 Å². The van der Waals surface area contributed by atoms with E-state index in [0.717, 1.165) is 9.32 Å². The van der Waals surface area contributed by atoms with Gasteiger partial charge in [0.05, 0.1) is 13.0 Å². The maximum absolute atomic E-state index is 11.4. The van der Waals surface area contributed by atoms with Crippen molar-refractivity contribution in [2.24, 2.45) is 0 Å². The standard InChI is InChI=1S/C13H17IO3/c1-13(2,3)17-12(15)8-9-16-11-6-4-10(14)5-7-11/h4-7H,8-9H2,1-3H3. The molecule has 0 radical (unpaired) electrons. The average Bonchev–Trinajstić information content (AvgIpc) is 2.18. The second-order valence-corrected chi connectivity index (χ2v) is 5.88. The molecular weight excluding hydrogens is 331 g/mol. The van der Waals surface area contributed by atoms with Crippen LogP contribution in [-0.2, 0) is 9.53 Å². The highest BCUT2D eigenvalue weighted by atomic mass is 127. The van der Waals surface area contributed by atoms with Gasteiger partial charge >= 0.3 is 5.97 Å². The Balaban J connectivity index is 2.28. The maximum atomic E-state index is 11.4. The first-order valence-electron chi connectivity index (χ1n) is 5.47. The molecule has 0 spiro atoms. The predicted molar refractivity (Wildman–Crippen MR) is 75.1 cm³/mol. The highest BCUT2D eigenvalue weighted by Gasteiger charge is 2.15. The van der Waals surface area contributed by atoms with Crippen LogP contribution in [0.25, 0.3) is 0 Å². The second kappa shape index (κ2) is 6.23. The summed E-state index contributed by atoms with van der Waals surface area (Å²) in [5, 5.41) is 0. The van der Waals surface area contributed by atoms with Crippen molar-refractivity contribution >= 4 is 28.6 Å². The lowest BCUT2D eigenvalue weighted by Crippen LogP contribution is -2.24. The zero-order valence-corrected chi connectivity index (χ0v) is 12.5. The molecule has 1 rings (SSSR count). The van der Waals surface area contributed by atoms with Gasteiger partial charge in [0.2, 0.25) is 0 Å².